The highest BCUT2D eigenvalue weighted by Crippen LogP contribution is 2.45. The highest BCUT2D eigenvalue weighted by Gasteiger charge is 2.25. The molecule has 3 aromatic heterocycles. The number of furan rings is 1. The normalized spacial score (nSPS) is 11.7. The van der Waals surface area contributed by atoms with E-state index in [0.717, 1.165) is 34.0 Å². The standard InChI is InChI=1S/C49H30N2O.C4H8.2H2S2/c1-5-17-42-34(11-1)35-12-2-6-18-43(35)50(42)46-21-9-15-33-39-27-30(23-24-32(39)29-40(33)46)31-25-26-48-41(28-31)38-16-10-22-47(49(38)52-48)51-44-19-7-3-13-36(44)37-14-4-8-20-45(37)51;1-3-4-2;2*1-2/h1-28H,29H2;3-4H,1-2H3;2*1-2H/b;4-3-;;. The largest absolute Gasteiger partial charge is 0.454 e. The molecule has 0 spiro atoms. The van der Waals surface area contributed by atoms with Crippen molar-refractivity contribution in [3.8, 4) is 33.6 Å². The molecule has 11 aromatic rings. The van der Waals surface area contributed by atoms with Crippen LogP contribution in [0.3, 0.4) is 0 Å². The zero-order valence-electron chi connectivity index (χ0n) is 33.1. The number of aromatic nitrogens is 2. The van der Waals surface area contributed by atoms with Crippen LogP contribution in [-0.4, -0.2) is 9.13 Å². The predicted molar refractivity (Wildman–Crippen MR) is 273 cm³/mol. The number of fused-ring (bicyclic) bond motifs is 12. The Morgan fingerprint density at radius 1 is 0.433 bits per heavy atom. The van der Waals surface area contributed by atoms with Gasteiger partial charge in [0.2, 0.25) is 0 Å². The van der Waals surface area contributed by atoms with E-state index in [0.29, 0.717) is 0 Å². The summed E-state index contributed by atoms with van der Waals surface area (Å²) in [7, 11) is 0. The Morgan fingerprint density at radius 2 is 0.900 bits per heavy atom. The Bertz CT molecular complexity index is 3280. The lowest BCUT2D eigenvalue weighted by atomic mass is 9.97. The molecular formula is C53H42N2OS4. The van der Waals surface area contributed by atoms with Crippen molar-refractivity contribution >= 4 is 112 Å². The van der Waals surface area contributed by atoms with E-state index in [4.69, 9.17) is 4.42 Å². The topological polar surface area (TPSA) is 23.0 Å². The van der Waals surface area contributed by atoms with Crippen LogP contribution < -0.4 is 0 Å². The molecule has 0 saturated carbocycles. The van der Waals surface area contributed by atoms with E-state index in [2.05, 4.69) is 226 Å². The van der Waals surface area contributed by atoms with Crippen LogP contribution in [-0.2, 0) is 6.42 Å². The molecule has 0 saturated heterocycles. The van der Waals surface area contributed by atoms with E-state index >= 15 is 0 Å². The lowest BCUT2D eigenvalue weighted by Gasteiger charge is -2.13. The quantitative estimate of drug-likeness (QED) is 0.0794. The minimum absolute atomic E-state index is 0.897. The highest BCUT2D eigenvalue weighted by molar-refractivity contribution is 8.59. The van der Waals surface area contributed by atoms with E-state index in [1.165, 1.54) is 82.7 Å². The van der Waals surface area contributed by atoms with E-state index in [1.54, 1.807) is 0 Å². The molecular weight excluding hydrogens is 809 g/mol. The molecule has 294 valence electrons. The Hall–Kier alpha value is -5.70. The van der Waals surface area contributed by atoms with Gasteiger partial charge in [0.05, 0.1) is 33.4 Å². The monoisotopic (exact) mass is 850 g/mol. The van der Waals surface area contributed by atoms with Crippen LogP contribution in [0.4, 0.5) is 0 Å². The van der Waals surface area contributed by atoms with Crippen molar-refractivity contribution in [2.24, 2.45) is 0 Å². The number of thiol groups is 4. The van der Waals surface area contributed by atoms with Crippen LogP contribution in [0.5, 0.6) is 0 Å². The summed E-state index contributed by atoms with van der Waals surface area (Å²) in [6.07, 6.45) is 4.92. The Balaban J connectivity index is 0.000000541. The average Bonchev–Trinajstić information content (AvgIpc) is 4.08. The molecule has 0 radical (unpaired) electrons. The predicted octanol–water partition coefficient (Wildman–Crippen LogP) is 16.1. The second-order valence-electron chi connectivity index (χ2n) is 14.7. The summed E-state index contributed by atoms with van der Waals surface area (Å²) in [6, 6.07) is 61.8. The number of hydrogen-bond donors (Lipinski definition) is 4. The Labute approximate surface area is 370 Å². The number of allylic oxidation sites excluding steroid dienone is 2. The fourth-order valence-electron chi connectivity index (χ4n) is 9.08. The molecule has 3 nitrogen and oxygen atoms in total. The van der Waals surface area contributed by atoms with Gasteiger partial charge in [-0.05, 0) is 102 Å². The highest BCUT2D eigenvalue weighted by atomic mass is 33.1. The summed E-state index contributed by atoms with van der Waals surface area (Å²) in [5, 5.41) is 7.32. The number of nitrogens with zero attached hydrogens (tertiary/aromatic N) is 2. The maximum atomic E-state index is 6.70. The third-order valence-corrected chi connectivity index (χ3v) is 11.7. The molecule has 0 fully saturated rings. The molecule has 0 aliphatic heterocycles. The zero-order chi connectivity index (χ0) is 41.3. The summed E-state index contributed by atoms with van der Waals surface area (Å²) >= 11 is 12.9. The van der Waals surface area contributed by atoms with Gasteiger partial charge < -0.3 is 13.6 Å². The van der Waals surface area contributed by atoms with Crippen molar-refractivity contribution in [3.63, 3.8) is 0 Å². The maximum absolute atomic E-state index is 6.70. The van der Waals surface area contributed by atoms with Crippen molar-refractivity contribution in [2.45, 2.75) is 20.3 Å². The number of rotatable bonds is 3. The van der Waals surface area contributed by atoms with Gasteiger partial charge in [0.15, 0.2) is 5.58 Å². The molecule has 12 rings (SSSR count). The van der Waals surface area contributed by atoms with Gasteiger partial charge in [0, 0.05) is 38.7 Å². The minimum atomic E-state index is 0.897. The van der Waals surface area contributed by atoms with Crippen molar-refractivity contribution in [1.29, 1.82) is 0 Å². The molecule has 3 heterocycles. The first-order valence-corrected chi connectivity index (χ1v) is 23.1. The number of para-hydroxylation sites is 5. The molecule has 1 aliphatic carbocycles. The minimum Gasteiger partial charge on any atom is -0.454 e. The second kappa shape index (κ2) is 17.1. The maximum Gasteiger partial charge on any atom is 0.159 e. The summed E-state index contributed by atoms with van der Waals surface area (Å²) in [5.41, 5.74) is 16.8. The SMILES string of the molecule is C/C=C\C.SS.SS.c1cc2c(c(-n3c4ccccc4c4ccccc43)c1)Cc1ccc(-c3ccc4oc5c(-n6c7ccccc7c7ccccc76)cccc5c4c3)cc1-2. The van der Waals surface area contributed by atoms with E-state index < -0.39 is 0 Å². The number of hydrogen-bond acceptors (Lipinski definition) is 5. The van der Waals surface area contributed by atoms with Crippen molar-refractivity contribution in [2.75, 3.05) is 0 Å². The Morgan fingerprint density at radius 3 is 1.47 bits per heavy atom. The van der Waals surface area contributed by atoms with Gasteiger partial charge >= 0.3 is 0 Å². The summed E-state index contributed by atoms with van der Waals surface area (Å²) < 4.78 is 11.5. The fourth-order valence-corrected chi connectivity index (χ4v) is 9.08. The fraction of sp³-hybridized carbons (Fsp3) is 0.0566. The van der Waals surface area contributed by atoms with Crippen LogP contribution in [0.25, 0.3) is 99.2 Å². The summed E-state index contributed by atoms with van der Waals surface area (Å²) in [6.45, 7) is 4.00. The van der Waals surface area contributed by atoms with Crippen LogP contribution >= 0.6 is 46.6 Å². The van der Waals surface area contributed by atoms with Crippen LogP contribution in [0, 0.1) is 0 Å². The van der Waals surface area contributed by atoms with Crippen LogP contribution in [0.15, 0.2) is 186 Å². The lowest BCUT2D eigenvalue weighted by molar-refractivity contribution is 0.666. The van der Waals surface area contributed by atoms with E-state index in [-0.39, 0.29) is 0 Å². The third-order valence-electron chi connectivity index (χ3n) is 11.7. The van der Waals surface area contributed by atoms with Crippen LogP contribution in [0.1, 0.15) is 25.0 Å². The van der Waals surface area contributed by atoms with Gasteiger partial charge in [-0.1, -0.05) is 127 Å². The van der Waals surface area contributed by atoms with Crippen LogP contribution in [0.2, 0.25) is 0 Å². The molecule has 7 heteroatoms. The molecule has 8 aromatic carbocycles. The first-order valence-electron chi connectivity index (χ1n) is 19.9. The molecule has 0 N–H and O–H groups in total. The van der Waals surface area contributed by atoms with Gasteiger partial charge in [0.1, 0.15) is 5.58 Å². The molecule has 60 heavy (non-hydrogen) atoms. The lowest BCUT2D eigenvalue weighted by Crippen LogP contribution is -1.98. The molecule has 0 atom stereocenters. The second-order valence-corrected chi connectivity index (χ2v) is 14.7. The van der Waals surface area contributed by atoms with Gasteiger partial charge in [0.25, 0.3) is 0 Å². The first kappa shape index (κ1) is 39.7. The zero-order valence-corrected chi connectivity index (χ0v) is 36.7. The molecule has 0 amide bonds. The van der Waals surface area contributed by atoms with Crippen molar-refractivity contribution in [3.05, 3.63) is 193 Å². The summed E-state index contributed by atoms with van der Waals surface area (Å²) in [5.74, 6) is 0. The third kappa shape index (κ3) is 6.52. The van der Waals surface area contributed by atoms with E-state index in [9.17, 15) is 0 Å². The smallest absolute Gasteiger partial charge is 0.159 e. The number of benzene rings is 8. The Kier molecular flexibility index (Phi) is 11.3. The van der Waals surface area contributed by atoms with Gasteiger partial charge in [-0.25, -0.2) is 0 Å². The summed E-state index contributed by atoms with van der Waals surface area (Å²) in [4.78, 5) is 0. The van der Waals surface area contributed by atoms with Crippen molar-refractivity contribution < 1.29 is 4.42 Å². The molecule has 1 aliphatic rings. The first-order chi connectivity index (χ1) is 29.7. The molecule has 0 bridgehead atoms. The average molecular weight is 851 g/mol. The van der Waals surface area contributed by atoms with Gasteiger partial charge in [-0.3, -0.25) is 0 Å². The van der Waals surface area contributed by atoms with Gasteiger partial charge in [-0.2, -0.15) is 0 Å². The van der Waals surface area contributed by atoms with Crippen molar-refractivity contribution in [1.82, 2.24) is 9.13 Å². The van der Waals surface area contributed by atoms with E-state index in [1.807, 2.05) is 26.0 Å². The van der Waals surface area contributed by atoms with Gasteiger partial charge in [-0.15, -0.1) is 46.6 Å². The molecule has 0 unspecified atom stereocenters.